The van der Waals surface area contributed by atoms with Crippen LogP contribution in [0.1, 0.15) is 54.4 Å². The molecule has 0 saturated heterocycles. The highest BCUT2D eigenvalue weighted by atomic mass is 32.1. The maximum Gasteiger partial charge on any atom is 0.0798 e. The third-order valence-corrected chi connectivity index (χ3v) is 4.46. The van der Waals surface area contributed by atoms with Crippen LogP contribution in [-0.2, 0) is 6.42 Å². The average molecular weight is 288 g/mol. The van der Waals surface area contributed by atoms with Crippen LogP contribution in [0.5, 0.6) is 0 Å². The highest BCUT2D eigenvalue weighted by molar-refractivity contribution is 7.09. The minimum atomic E-state index is 0.277. The Bertz CT molecular complexity index is 533. The van der Waals surface area contributed by atoms with Gasteiger partial charge < -0.3 is 5.32 Å². The molecule has 20 heavy (non-hydrogen) atoms. The first-order valence-electron chi connectivity index (χ1n) is 7.48. The minimum Gasteiger partial charge on any atom is -0.306 e. The van der Waals surface area contributed by atoms with Crippen molar-refractivity contribution in [2.45, 2.75) is 46.1 Å². The predicted octanol–water partition coefficient (Wildman–Crippen LogP) is 4.49. The Kier molecular flexibility index (Phi) is 5.74. The van der Waals surface area contributed by atoms with Crippen LogP contribution in [0, 0.1) is 6.92 Å². The highest BCUT2D eigenvalue weighted by Gasteiger charge is 2.17. The van der Waals surface area contributed by atoms with Crippen molar-refractivity contribution in [1.82, 2.24) is 10.3 Å². The van der Waals surface area contributed by atoms with E-state index in [-0.39, 0.29) is 6.04 Å². The summed E-state index contributed by atoms with van der Waals surface area (Å²) in [4.78, 5) is 5.75. The summed E-state index contributed by atoms with van der Waals surface area (Å²) in [6, 6.07) is 9.25. The molecule has 0 saturated carbocycles. The van der Waals surface area contributed by atoms with Crippen LogP contribution in [0.4, 0.5) is 0 Å². The van der Waals surface area contributed by atoms with Gasteiger partial charge in [0.25, 0.3) is 0 Å². The van der Waals surface area contributed by atoms with E-state index < -0.39 is 0 Å². The van der Waals surface area contributed by atoms with Crippen LogP contribution in [0.2, 0.25) is 0 Å². The molecule has 1 aromatic heterocycles. The molecule has 0 fully saturated rings. The lowest BCUT2D eigenvalue weighted by Crippen LogP contribution is -2.23. The van der Waals surface area contributed by atoms with Gasteiger partial charge in [0.2, 0.25) is 0 Å². The van der Waals surface area contributed by atoms with Gasteiger partial charge >= 0.3 is 0 Å². The first-order chi connectivity index (χ1) is 9.76. The van der Waals surface area contributed by atoms with E-state index in [0.29, 0.717) is 0 Å². The van der Waals surface area contributed by atoms with Gasteiger partial charge in [0.1, 0.15) is 0 Å². The predicted molar refractivity (Wildman–Crippen MR) is 87.4 cm³/mol. The summed E-state index contributed by atoms with van der Waals surface area (Å²) in [6.07, 6.45) is 3.48. The van der Waals surface area contributed by atoms with E-state index >= 15 is 0 Å². The summed E-state index contributed by atoms with van der Waals surface area (Å²) >= 11 is 1.75. The number of hydrogen-bond acceptors (Lipinski definition) is 3. The third kappa shape index (κ3) is 3.68. The van der Waals surface area contributed by atoms with E-state index in [1.54, 1.807) is 11.3 Å². The van der Waals surface area contributed by atoms with Crippen LogP contribution in [0.3, 0.4) is 0 Å². The van der Waals surface area contributed by atoms with E-state index in [1.807, 2.05) is 5.51 Å². The molecule has 2 aromatic rings. The number of nitrogens with zero attached hydrogens (tertiary/aromatic N) is 1. The van der Waals surface area contributed by atoms with Crippen LogP contribution >= 0.6 is 11.3 Å². The van der Waals surface area contributed by atoms with Crippen molar-refractivity contribution in [2.24, 2.45) is 0 Å². The largest absolute Gasteiger partial charge is 0.306 e. The van der Waals surface area contributed by atoms with E-state index in [4.69, 9.17) is 0 Å². The van der Waals surface area contributed by atoms with Gasteiger partial charge in [-0.1, -0.05) is 44.5 Å². The number of rotatable bonds is 7. The van der Waals surface area contributed by atoms with E-state index in [0.717, 1.165) is 25.1 Å². The number of aryl methyl sites for hydroxylation is 2. The molecular weight excluding hydrogens is 264 g/mol. The Hall–Kier alpha value is -1.19. The zero-order valence-corrected chi connectivity index (χ0v) is 13.5. The fourth-order valence-electron chi connectivity index (χ4n) is 2.46. The molecule has 0 aliphatic rings. The molecule has 2 nitrogen and oxygen atoms in total. The Morgan fingerprint density at radius 3 is 2.75 bits per heavy atom. The average Bonchev–Trinajstić information content (AvgIpc) is 2.87. The van der Waals surface area contributed by atoms with E-state index in [1.165, 1.54) is 22.4 Å². The topological polar surface area (TPSA) is 24.9 Å². The van der Waals surface area contributed by atoms with Gasteiger partial charge in [0, 0.05) is 4.88 Å². The maximum atomic E-state index is 4.41. The zero-order chi connectivity index (χ0) is 14.4. The molecular formula is C17H24N2S. The lowest BCUT2D eigenvalue weighted by Gasteiger charge is -2.19. The van der Waals surface area contributed by atoms with E-state index in [9.17, 15) is 0 Å². The standard InChI is InChI=1S/C17H24N2S/c1-4-7-14-8-6-9-15(11-14)16(18-10-5-2)17-13(3)19-12-20-17/h6,8-9,11-12,16,18H,4-5,7,10H2,1-3H3. The first kappa shape index (κ1) is 15.2. The first-order valence-corrected chi connectivity index (χ1v) is 8.36. The number of thiazole rings is 1. The molecule has 0 radical (unpaired) electrons. The van der Waals surface area contributed by atoms with Crippen molar-refractivity contribution in [1.29, 1.82) is 0 Å². The Morgan fingerprint density at radius 1 is 1.25 bits per heavy atom. The van der Waals surface area contributed by atoms with Gasteiger partial charge in [-0.3, -0.25) is 0 Å². The number of hydrogen-bond donors (Lipinski definition) is 1. The minimum absolute atomic E-state index is 0.277. The number of benzene rings is 1. The molecule has 1 N–H and O–H groups in total. The molecule has 1 unspecified atom stereocenters. The molecule has 0 bridgehead atoms. The molecule has 1 aromatic carbocycles. The molecule has 3 heteroatoms. The number of nitrogens with one attached hydrogen (secondary N) is 1. The highest BCUT2D eigenvalue weighted by Crippen LogP contribution is 2.28. The van der Waals surface area contributed by atoms with Crippen LogP contribution in [0.25, 0.3) is 0 Å². The second kappa shape index (κ2) is 7.55. The normalized spacial score (nSPS) is 12.6. The molecule has 1 atom stereocenters. The van der Waals surface area contributed by atoms with Crippen molar-refractivity contribution in [3.63, 3.8) is 0 Å². The summed E-state index contributed by atoms with van der Waals surface area (Å²) in [5.41, 5.74) is 5.87. The molecule has 0 amide bonds. The molecule has 108 valence electrons. The lowest BCUT2D eigenvalue weighted by molar-refractivity contribution is 0.602. The van der Waals surface area contributed by atoms with Crippen molar-refractivity contribution < 1.29 is 0 Å². The molecule has 1 heterocycles. The smallest absolute Gasteiger partial charge is 0.0798 e. The summed E-state index contributed by atoms with van der Waals surface area (Å²) in [6.45, 7) is 7.56. The summed E-state index contributed by atoms with van der Waals surface area (Å²) in [5, 5.41) is 3.67. The van der Waals surface area contributed by atoms with Crippen molar-refractivity contribution in [3.8, 4) is 0 Å². The van der Waals surface area contributed by atoms with Gasteiger partial charge in [-0.2, -0.15) is 0 Å². The SMILES string of the molecule is CCCNC(c1cccc(CCC)c1)c1scnc1C. The maximum absolute atomic E-state index is 4.41. The fraction of sp³-hybridized carbons (Fsp3) is 0.471. The van der Waals surface area contributed by atoms with Crippen LogP contribution in [-0.4, -0.2) is 11.5 Å². The molecule has 0 aliphatic heterocycles. The van der Waals surface area contributed by atoms with Gasteiger partial charge in [0.15, 0.2) is 0 Å². The Morgan fingerprint density at radius 2 is 2.10 bits per heavy atom. The van der Waals surface area contributed by atoms with E-state index in [2.05, 4.69) is 55.3 Å². The van der Waals surface area contributed by atoms with Crippen molar-refractivity contribution in [2.75, 3.05) is 6.54 Å². The quantitative estimate of drug-likeness (QED) is 0.812. The van der Waals surface area contributed by atoms with Crippen LogP contribution in [0.15, 0.2) is 29.8 Å². The van der Waals surface area contributed by atoms with Crippen molar-refractivity contribution in [3.05, 3.63) is 51.5 Å². The summed E-state index contributed by atoms with van der Waals surface area (Å²) in [5.74, 6) is 0. The Labute approximate surface area is 126 Å². The second-order valence-electron chi connectivity index (χ2n) is 5.18. The Balaban J connectivity index is 2.31. The van der Waals surface area contributed by atoms with Gasteiger partial charge in [-0.15, -0.1) is 11.3 Å². The zero-order valence-electron chi connectivity index (χ0n) is 12.6. The second-order valence-corrected chi connectivity index (χ2v) is 6.07. The molecule has 0 aliphatic carbocycles. The molecule has 2 rings (SSSR count). The number of aromatic nitrogens is 1. The van der Waals surface area contributed by atoms with Crippen LogP contribution < -0.4 is 5.32 Å². The van der Waals surface area contributed by atoms with Gasteiger partial charge in [-0.05, 0) is 37.4 Å². The van der Waals surface area contributed by atoms with Gasteiger partial charge in [0.05, 0.1) is 17.2 Å². The third-order valence-electron chi connectivity index (χ3n) is 3.47. The lowest BCUT2D eigenvalue weighted by atomic mass is 10.00. The van der Waals surface area contributed by atoms with Gasteiger partial charge in [-0.25, -0.2) is 4.98 Å². The summed E-state index contributed by atoms with van der Waals surface area (Å²) < 4.78 is 0. The monoisotopic (exact) mass is 288 g/mol. The fourth-order valence-corrected chi connectivity index (χ4v) is 3.36. The summed E-state index contributed by atoms with van der Waals surface area (Å²) in [7, 11) is 0. The van der Waals surface area contributed by atoms with Crippen molar-refractivity contribution >= 4 is 11.3 Å². The molecule has 0 spiro atoms.